The maximum absolute atomic E-state index is 11.9. The lowest BCUT2D eigenvalue weighted by Gasteiger charge is -2.40. The quantitative estimate of drug-likeness (QED) is 0.782. The van der Waals surface area contributed by atoms with E-state index in [4.69, 9.17) is 0 Å². The first-order valence-corrected chi connectivity index (χ1v) is 5.08. The van der Waals surface area contributed by atoms with Crippen LogP contribution in [0.15, 0.2) is 0 Å². The zero-order valence-corrected chi connectivity index (χ0v) is 8.95. The fourth-order valence-corrected chi connectivity index (χ4v) is 1.74. The highest BCUT2D eigenvalue weighted by Crippen LogP contribution is 2.41. The fourth-order valence-electron chi connectivity index (χ4n) is 1.74. The van der Waals surface area contributed by atoms with Gasteiger partial charge >= 0.3 is 12.1 Å². The second kappa shape index (κ2) is 4.02. The lowest BCUT2D eigenvalue weighted by Crippen LogP contribution is -2.45. The van der Waals surface area contributed by atoms with Crippen LogP contribution in [0.2, 0.25) is 0 Å². The first-order valence-electron chi connectivity index (χ1n) is 5.08. The average molecular weight is 223 g/mol. The molecule has 15 heavy (non-hydrogen) atoms. The molecule has 1 rings (SSSR count). The van der Waals surface area contributed by atoms with Crippen molar-refractivity contribution in [3.05, 3.63) is 0 Å². The molecule has 0 radical (unpaired) electrons. The third kappa shape index (κ3) is 3.11. The zero-order chi connectivity index (χ0) is 11.7. The minimum Gasteiger partial charge on any atom is -0.348 e. The van der Waals surface area contributed by atoms with E-state index in [0.29, 0.717) is 5.92 Å². The molecule has 0 atom stereocenters. The molecule has 1 amide bonds. The van der Waals surface area contributed by atoms with Crippen molar-refractivity contribution >= 4 is 5.91 Å². The zero-order valence-electron chi connectivity index (χ0n) is 8.95. The van der Waals surface area contributed by atoms with Gasteiger partial charge in [-0.25, -0.2) is 0 Å². The number of amides is 1. The molecular weight excluding hydrogens is 207 g/mol. The molecule has 0 saturated heterocycles. The minimum atomic E-state index is -4.77. The SMILES string of the molecule is CC(C)(CNC(=O)C(F)(F)F)C1CCC1. The highest BCUT2D eigenvalue weighted by atomic mass is 19.4. The van der Waals surface area contributed by atoms with Crippen molar-refractivity contribution in [1.29, 1.82) is 0 Å². The number of nitrogens with one attached hydrogen (secondary N) is 1. The van der Waals surface area contributed by atoms with Crippen LogP contribution in [0.3, 0.4) is 0 Å². The van der Waals surface area contributed by atoms with Crippen LogP contribution < -0.4 is 5.32 Å². The van der Waals surface area contributed by atoms with Crippen molar-refractivity contribution in [3.8, 4) is 0 Å². The second-order valence-electron chi connectivity index (χ2n) is 4.80. The van der Waals surface area contributed by atoms with Gasteiger partial charge < -0.3 is 5.32 Å². The van der Waals surface area contributed by atoms with E-state index in [-0.39, 0.29) is 12.0 Å². The van der Waals surface area contributed by atoms with Gasteiger partial charge in [-0.15, -0.1) is 0 Å². The molecule has 0 aromatic heterocycles. The Morgan fingerprint density at radius 3 is 2.20 bits per heavy atom. The third-order valence-electron chi connectivity index (χ3n) is 3.17. The van der Waals surface area contributed by atoms with Crippen LogP contribution in [0.4, 0.5) is 13.2 Å². The van der Waals surface area contributed by atoms with Gasteiger partial charge in [-0.3, -0.25) is 4.79 Å². The molecular formula is C10H16F3NO. The van der Waals surface area contributed by atoms with Crippen LogP contribution in [0.25, 0.3) is 0 Å². The molecule has 0 heterocycles. The van der Waals surface area contributed by atoms with Gasteiger partial charge in [-0.2, -0.15) is 13.2 Å². The summed E-state index contributed by atoms with van der Waals surface area (Å²) in [5, 5.41) is 1.95. The monoisotopic (exact) mass is 223 g/mol. The molecule has 1 saturated carbocycles. The van der Waals surface area contributed by atoms with Gasteiger partial charge in [-0.05, 0) is 24.2 Å². The molecule has 2 nitrogen and oxygen atoms in total. The molecule has 0 unspecified atom stereocenters. The predicted molar refractivity (Wildman–Crippen MR) is 50.2 cm³/mol. The van der Waals surface area contributed by atoms with Gasteiger partial charge in [-0.1, -0.05) is 20.3 Å². The Labute approximate surface area is 87.2 Å². The Hall–Kier alpha value is -0.740. The minimum absolute atomic E-state index is 0.0933. The van der Waals surface area contributed by atoms with Crippen molar-refractivity contribution in [2.24, 2.45) is 11.3 Å². The number of hydrogen-bond acceptors (Lipinski definition) is 1. The van der Waals surface area contributed by atoms with Crippen LogP contribution in [-0.4, -0.2) is 18.6 Å². The van der Waals surface area contributed by atoms with Gasteiger partial charge in [0.05, 0.1) is 0 Å². The lowest BCUT2D eigenvalue weighted by molar-refractivity contribution is -0.174. The fraction of sp³-hybridized carbons (Fsp3) is 0.900. The highest BCUT2D eigenvalue weighted by Gasteiger charge is 2.40. The van der Waals surface area contributed by atoms with Gasteiger partial charge in [0, 0.05) is 6.54 Å². The van der Waals surface area contributed by atoms with Crippen LogP contribution >= 0.6 is 0 Å². The summed E-state index contributed by atoms with van der Waals surface area (Å²) in [6.07, 6.45) is -1.53. The summed E-state index contributed by atoms with van der Waals surface area (Å²) in [6, 6.07) is 0. The van der Waals surface area contributed by atoms with Crippen LogP contribution in [0.1, 0.15) is 33.1 Å². The number of carbonyl (C=O) groups is 1. The Kier molecular flexibility index (Phi) is 3.31. The second-order valence-corrected chi connectivity index (χ2v) is 4.80. The topological polar surface area (TPSA) is 29.1 Å². The van der Waals surface area contributed by atoms with E-state index in [9.17, 15) is 18.0 Å². The van der Waals surface area contributed by atoms with E-state index >= 15 is 0 Å². The number of halogens is 3. The maximum atomic E-state index is 11.9. The molecule has 0 aromatic rings. The van der Waals surface area contributed by atoms with E-state index in [1.165, 1.54) is 0 Å². The summed E-state index contributed by atoms with van der Waals surface area (Å²) >= 11 is 0. The molecule has 1 fully saturated rings. The Balaban J connectivity index is 2.38. The molecule has 1 N–H and O–H groups in total. The number of alkyl halides is 3. The summed E-state index contributed by atoms with van der Waals surface area (Å²) in [5.41, 5.74) is -0.237. The summed E-state index contributed by atoms with van der Waals surface area (Å²) in [6.45, 7) is 3.89. The number of rotatable bonds is 3. The van der Waals surface area contributed by atoms with Crippen molar-refractivity contribution < 1.29 is 18.0 Å². The van der Waals surface area contributed by atoms with E-state index in [1.54, 1.807) is 0 Å². The molecule has 88 valence electrons. The smallest absolute Gasteiger partial charge is 0.348 e. The molecule has 5 heteroatoms. The maximum Gasteiger partial charge on any atom is 0.471 e. The van der Waals surface area contributed by atoms with E-state index < -0.39 is 12.1 Å². The van der Waals surface area contributed by atoms with E-state index in [2.05, 4.69) is 0 Å². The first-order chi connectivity index (χ1) is 6.73. The summed E-state index contributed by atoms with van der Waals surface area (Å²) < 4.78 is 35.7. The largest absolute Gasteiger partial charge is 0.471 e. The molecule has 1 aliphatic carbocycles. The molecule has 0 bridgehead atoms. The molecule has 0 aromatic carbocycles. The van der Waals surface area contributed by atoms with Gasteiger partial charge in [0.15, 0.2) is 0 Å². The summed E-state index contributed by atoms with van der Waals surface area (Å²) in [5.74, 6) is -1.40. The normalized spacial score (nSPS) is 18.5. The van der Waals surface area contributed by atoms with Crippen molar-refractivity contribution in [2.45, 2.75) is 39.3 Å². The standard InChI is InChI=1S/C10H16F3NO/c1-9(2,7-4-3-5-7)6-14-8(15)10(11,12)13/h7H,3-6H2,1-2H3,(H,14,15). The Morgan fingerprint density at radius 1 is 1.33 bits per heavy atom. The highest BCUT2D eigenvalue weighted by molar-refractivity contribution is 5.81. The predicted octanol–water partition coefficient (Wildman–Crippen LogP) is 2.49. The van der Waals surface area contributed by atoms with Crippen LogP contribution in [0.5, 0.6) is 0 Å². The number of carbonyl (C=O) groups excluding carboxylic acids is 1. The summed E-state index contributed by atoms with van der Waals surface area (Å²) in [7, 11) is 0. The molecule has 0 aliphatic heterocycles. The first kappa shape index (κ1) is 12.3. The third-order valence-corrected chi connectivity index (χ3v) is 3.17. The molecule has 0 spiro atoms. The lowest BCUT2D eigenvalue weighted by atomic mass is 9.67. The van der Waals surface area contributed by atoms with Gasteiger partial charge in [0.2, 0.25) is 0 Å². The van der Waals surface area contributed by atoms with Crippen molar-refractivity contribution in [3.63, 3.8) is 0 Å². The van der Waals surface area contributed by atoms with E-state index in [1.807, 2.05) is 19.2 Å². The van der Waals surface area contributed by atoms with E-state index in [0.717, 1.165) is 19.3 Å². The van der Waals surface area contributed by atoms with Crippen LogP contribution in [-0.2, 0) is 4.79 Å². The van der Waals surface area contributed by atoms with Gasteiger partial charge in [0.25, 0.3) is 0 Å². The summed E-state index contributed by atoms with van der Waals surface area (Å²) in [4.78, 5) is 10.6. The van der Waals surface area contributed by atoms with Crippen molar-refractivity contribution in [2.75, 3.05) is 6.54 Å². The number of hydrogen-bond donors (Lipinski definition) is 1. The van der Waals surface area contributed by atoms with Gasteiger partial charge in [0.1, 0.15) is 0 Å². The molecule has 1 aliphatic rings. The Bertz CT molecular complexity index is 244. The van der Waals surface area contributed by atoms with Crippen LogP contribution in [0, 0.1) is 11.3 Å². The average Bonchev–Trinajstić information content (AvgIpc) is 1.93. The van der Waals surface area contributed by atoms with Crippen molar-refractivity contribution in [1.82, 2.24) is 5.32 Å². The Morgan fingerprint density at radius 2 is 1.87 bits per heavy atom.